The van der Waals surface area contributed by atoms with Gasteiger partial charge in [-0.25, -0.2) is 9.78 Å². The first kappa shape index (κ1) is 13.3. The van der Waals surface area contributed by atoms with Crippen LogP contribution in [0.3, 0.4) is 0 Å². The molecule has 2 heterocycles. The Hall–Kier alpha value is -1.14. The van der Waals surface area contributed by atoms with Crippen LogP contribution in [0.15, 0.2) is 0 Å². The minimum Gasteiger partial charge on any atom is -0.477 e. The van der Waals surface area contributed by atoms with Crippen LogP contribution in [0.5, 0.6) is 0 Å². The normalized spacial score (nSPS) is 24.3. The predicted molar refractivity (Wildman–Crippen MR) is 70.6 cm³/mol. The van der Waals surface area contributed by atoms with E-state index >= 15 is 0 Å². The third-order valence-electron chi connectivity index (χ3n) is 3.44. The predicted octanol–water partition coefficient (Wildman–Crippen LogP) is 2.01. The second-order valence-corrected chi connectivity index (χ2v) is 5.68. The molecule has 0 saturated carbocycles. The third kappa shape index (κ3) is 2.49. The highest BCUT2D eigenvalue weighted by molar-refractivity contribution is 7.17. The number of piperidine rings is 1. The standard InChI is InChI=1S/C12H18N2O3S/c1-7-4-5-14(6-9(7)17-3)12-13-8(2)10(18-12)11(15)16/h7,9H,4-6H2,1-3H3,(H,15,16). The molecule has 0 aromatic carbocycles. The van der Waals surface area contributed by atoms with Gasteiger partial charge in [-0.05, 0) is 19.3 Å². The number of aryl methyl sites for hydroxylation is 1. The van der Waals surface area contributed by atoms with Crippen LogP contribution < -0.4 is 4.90 Å². The van der Waals surface area contributed by atoms with Gasteiger partial charge in [-0.15, -0.1) is 0 Å². The maximum Gasteiger partial charge on any atom is 0.347 e. The zero-order chi connectivity index (χ0) is 13.3. The summed E-state index contributed by atoms with van der Waals surface area (Å²) in [6.45, 7) is 5.61. The number of methoxy groups -OCH3 is 1. The van der Waals surface area contributed by atoms with E-state index in [1.54, 1.807) is 14.0 Å². The van der Waals surface area contributed by atoms with Crippen LogP contribution in [0.2, 0.25) is 0 Å². The van der Waals surface area contributed by atoms with Crippen molar-refractivity contribution in [2.24, 2.45) is 5.92 Å². The van der Waals surface area contributed by atoms with Gasteiger partial charge >= 0.3 is 5.97 Å². The molecule has 100 valence electrons. The Kier molecular flexibility index (Phi) is 3.87. The number of aromatic carboxylic acids is 1. The largest absolute Gasteiger partial charge is 0.477 e. The molecule has 1 saturated heterocycles. The molecule has 18 heavy (non-hydrogen) atoms. The van der Waals surface area contributed by atoms with Crippen LogP contribution in [-0.2, 0) is 4.74 Å². The maximum atomic E-state index is 11.0. The lowest BCUT2D eigenvalue weighted by Gasteiger charge is -2.36. The summed E-state index contributed by atoms with van der Waals surface area (Å²) in [5.74, 6) is -0.365. The molecule has 1 fully saturated rings. The molecule has 2 atom stereocenters. The maximum absolute atomic E-state index is 11.0. The van der Waals surface area contributed by atoms with Gasteiger partial charge in [0, 0.05) is 20.2 Å². The summed E-state index contributed by atoms with van der Waals surface area (Å²) in [5, 5.41) is 9.84. The highest BCUT2D eigenvalue weighted by atomic mass is 32.1. The second-order valence-electron chi connectivity index (χ2n) is 4.70. The second kappa shape index (κ2) is 5.24. The zero-order valence-corrected chi connectivity index (χ0v) is 11.7. The Balaban J connectivity index is 2.17. The van der Waals surface area contributed by atoms with Crippen molar-refractivity contribution in [3.05, 3.63) is 10.6 Å². The Morgan fingerprint density at radius 3 is 2.89 bits per heavy atom. The zero-order valence-electron chi connectivity index (χ0n) is 10.8. The lowest BCUT2D eigenvalue weighted by molar-refractivity contribution is 0.0498. The smallest absolute Gasteiger partial charge is 0.347 e. The molecule has 1 aliphatic rings. The fraction of sp³-hybridized carbons (Fsp3) is 0.667. The summed E-state index contributed by atoms with van der Waals surface area (Å²) in [5.41, 5.74) is 0.593. The summed E-state index contributed by atoms with van der Waals surface area (Å²) in [7, 11) is 1.72. The van der Waals surface area contributed by atoms with Gasteiger partial charge in [0.15, 0.2) is 5.13 Å². The fourth-order valence-electron chi connectivity index (χ4n) is 2.23. The van der Waals surface area contributed by atoms with E-state index in [0.29, 0.717) is 16.5 Å². The number of carbonyl (C=O) groups is 1. The monoisotopic (exact) mass is 270 g/mol. The number of hydrogen-bond donors (Lipinski definition) is 1. The van der Waals surface area contributed by atoms with Crippen molar-refractivity contribution in [2.45, 2.75) is 26.4 Å². The summed E-state index contributed by atoms with van der Waals surface area (Å²) >= 11 is 1.25. The number of hydrogen-bond acceptors (Lipinski definition) is 5. The van der Waals surface area contributed by atoms with Crippen molar-refractivity contribution in [2.75, 3.05) is 25.1 Å². The van der Waals surface area contributed by atoms with Crippen molar-refractivity contribution >= 4 is 22.4 Å². The Labute approximate surface area is 110 Å². The van der Waals surface area contributed by atoms with Gasteiger partial charge in [-0.3, -0.25) is 0 Å². The Bertz CT molecular complexity index is 447. The SMILES string of the molecule is COC1CN(c2nc(C)c(C(=O)O)s2)CCC1C. The molecular weight excluding hydrogens is 252 g/mol. The molecule has 6 heteroatoms. The number of aromatic nitrogens is 1. The average Bonchev–Trinajstić information content (AvgIpc) is 2.72. The highest BCUT2D eigenvalue weighted by Crippen LogP contribution is 2.30. The van der Waals surface area contributed by atoms with Gasteiger partial charge in [-0.1, -0.05) is 18.3 Å². The summed E-state index contributed by atoms with van der Waals surface area (Å²) in [6, 6.07) is 0. The van der Waals surface area contributed by atoms with E-state index in [9.17, 15) is 4.79 Å². The summed E-state index contributed by atoms with van der Waals surface area (Å²) in [4.78, 5) is 17.8. The molecule has 0 aliphatic carbocycles. The van der Waals surface area contributed by atoms with Crippen molar-refractivity contribution < 1.29 is 14.6 Å². The van der Waals surface area contributed by atoms with Gasteiger partial charge < -0.3 is 14.7 Å². The van der Waals surface area contributed by atoms with Crippen molar-refractivity contribution in [1.82, 2.24) is 4.98 Å². The van der Waals surface area contributed by atoms with E-state index in [-0.39, 0.29) is 6.10 Å². The molecule has 1 aromatic rings. The average molecular weight is 270 g/mol. The third-order valence-corrected chi connectivity index (χ3v) is 4.65. The van der Waals surface area contributed by atoms with Gasteiger partial charge in [0.05, 0.1) is 11.8 Å². The summed E-state index contributed by atoms with van der Waals surface area (Å²) < 4.78 is 5.46. The lowest BCUT2D eigenvalue weighted by Crippen LogP contribution is -2.43. The van der Waals surface area contributed by atoms with Crippen LogP contribution in [0.1, 0.15) is 28.7 Å². The number of rotatable bonds is 3. The van der Waals surface area contributed by atoms with Gasteiger partial charge in [-0.2, -0.15) is 0 Å². The number of anilines is 1. The molecule has 2 unspecified atom stereocenters. The first-order chi connectivity index (χ1) is 8.52. The molecular formula is C12H18N2O3S. The van der Waals surface area contributed by atoms with Crippen molar-refractivity contribution in [3.63, 3.8) is 0 Å². The molecule has 0 spiro atoms. The van der Waals surface area contributed by atoms with Gasteiger partial charge in [0.2, 0.25) is 0 Å². The molecule has 1 aromatic heterocycles. The quantitative estimate of drug-likeness (QED) is 0.910. The van der Waals surface area contributed by atoms with E-state index in [4.69, 9.17) is 9.84 Å². The van der Waals surface area contributed by atoms with E-state index < -0.39 is 5.97 Å². The van der Waals surface area contributed by atoms with Crippen LogP contribution in [0.25, 0.3) is 0 Å². The van der Waals surface area contributed by atoms with E-state index in [1.165, 1.54) is 11.3 Å². The molecule has 5 nitrogen and oxygen atoms in total. The number of nitrogens with zero attached hydrogens (tertiary/aromatic N) is 2. The van der Waals surface area contributed by atoms with Crippen LogP contribution in [-0.4, -0.2) is 42.4 Å². The fourth-order valence-corrected chi connectivity index (χ4v) is 3.17. The van der Waals surface area contributed by atoms with Crippen LogP contribution >= 0.6 is 11.3 Å². The van der Waals surface area contributed by atoms with Crippen molar-refractivity contribution in [3.8, 4) is 0 Å². The van der Waals surface area contributed by atoms with Crippen LogP contribution in [0.4, 0.5) is 5.13 Å². The van der Waals surface area contributed by atoms with Gasteiger partial charge in [0.1, 0.15) is 4.88 Å². The molecule has 2 rings (SSSR count). The number of thiazole rings is 1. The van der Waals surface area contributed by atoms with E-state index in [1.807, 2.05) is 0 Å². The highest BCUT2D eigenvalue weighted by Gasteiger charge is 2.28. The van der Waals surface area contributed by atoms with E-state index in [0.717, 1.165) is 24.6 Å². The molecule has 0 bridgehead atoms. The first-order valence-corrected chi connectivity index (χ1v) is 6.83. The lowest BCUT2D eigenvalue weighted by atomic mass is 9.96. The minimum atomic E-state index is -0.898. The topological polar surface area (TPSA) is 62.7 Å². The number of ether oxygens (including phenoxy) is 1. The van der Waals surface area contributed by atoms with Gasteiger partial charge in [0.25, 0.3) is 0 Å². The first-order valence-electron chi connectivity index (χ1n) is 6.01. The molecule has 0 radical (unpaired) electrons. The number of carboxylic acids is 1. The Morgan fingerprint density at radius 1 is 1.61 bits per heavy atom. The summed E-state index contributed by atoms with van der Waals surface area (Å²) in [6.07, 6.45) is 1.23. The minimum absolute atomic E-state index is 0.191. The van der Waals surface area contributed by atoms with Crippen LogP contribution in [0, 0.1) is 12.8 Å². The Morgan fingerprint density at radius 2 is 2.33 bits per heavy atom. The van der Waals surface area contributed by atoms with Crippen molar-refractivity contribution in [1.29, 1.82) is 0 Å². The molecule has 1 aliphatic heterocycles. The number of carboxylic acid groups (broad SMARTS) is 1. The molecule has 1 N–H and O–H groups in total. The van der Waals surface area contributed by atoms with E-state index in [2.05, 4.69) is 16.8 Å². The molecule has 0 amide bonds.